The van der Waals surface area contributed by atoms with Crippen LogP contribution in [0.15, 0.2) is 0 Å². The SMILES string of the molecule is C.C.COCCCCC[Si](C)([Si](C)(C)C)[Si](C)(C)C. The Kier molecular flexibility index (Phi) is 12.3. The van der Waals surface area contributed by atoms with Crippen LogP contribution in [0.5, 0.6) is 0 Å². The van der Waals surface area contributed by atoms with E-state index in [1.807, 2.05) is 7.11 Å². The third kappa shape index (κ3) is 7.25. The van der Waals surface area contributed by atoms with Gasteiger partial charge in [0.25, 0.3) is 0 Å². The van der Waals surface area contributed by atoms with Crippen molar-refractivity contribution in [3.8, 4) is 0 Å². The molecule has 19 heavy (non-hydrogen) atoms. The van der Waals surface area contributed by atoms with Crippen LogP contribution in [-0.2, 0) is 4.74 Å². The van der Waals surface area contributed by atoms with Gasteiger partial charge in [-0.2, -0.15) is 0 Å². The highest BCUT2D eigenvalue weighted by Gasteiger charge is 2.49. The standard InChI is InChI=1S/C13H34OSi3.2CH4/c1-14-12-10-9-11-13-17(8,15(2,3)4)16(5,6)7;;/h9-13H2,1-8H3;2*1H4. The van der Waals surface area contributed by atoms with E-state index >= 15 is 0 Å². The summed E-state index contributed by atoms with van der Waals surface area (Å²) < 4.78 is 5.14. The molecule has 0 N–H and O–H groups in total. The Labute approximate surface area is 127 Å². The Morgan fingerprint density at radius 1 is 0.684 bits per heavy atom. The molecule has 1 nitrogen and oxygen atoms in total. The van der Waals surface area contributed by atoms with Gasteiger partial charge in [-0.1, -0.05) is 79.6 Å². The normalized spacial score (nSPS) is 12.6. The van der Waals surface area contributed by atoms with Crippen molar-refractivity contribution in [1.29, 1.82) is 0 Å². The second kappa shape index (κ2) is 9.53. The zero-order valence-corrected chi connectivity index (χ0v) is 16.4. The lowest BCUT2D eigenvalue weighted by Crippen LogP contribution is -2.69. The predicted molar refractivity (Wildman–Crippen MR) is 102 cm³/mol. The summed E-state index contributed by atoms with van der Waals surface area (Å²) in [5.74, 6) is 0. The maximum Gasteiger partial charge on any atom is 0.0462 e. The van der Waals surface area contributed by atoms with Crippen molar-refractivity contribution in [2.75, 3.05) is 13.7 Å². The molecule has 0 fully saturated rings. The Balaban J connectivity index is -0.00000128. The van der Waals surface area contributed by atoms with Gasteiger partial charge in [0.1, 0.15) is 0 Å². The molecule has 4 heteroatoms. The summed E-state index contributed by atoms with van der Waals surface area (Å²) in [5, 5.41) is 0. The van der Waals surface area contributed by atoms with Crippen LogP contribution >= 0.6 is 0 Å². The van der Waals surface area contributed by atoms with Crippen LogP contribution in [0.1, 0.15) is 34.1 Å². The number of ether oxygens (including phenoxy) is 1. The van der Waals surface area contributed by atoms with Crippen molar-refractivity contribution in [2.24, 2.45) is 0 Å². The minimum Gasteiger partial charge on any atom is -0.385 e. The third-order valence-electron chi connectivity index (χ3n) is 4.84. The number of unbranched alkanes of at least 4 members (excludes halogenated alkanes) is 2. The Bertz CT molecular complexity index is 202. The van der Waals surface area contributed by atoms with E-state index in [2.05, 4.69) is 45.8 Å². The minimum atomic E-state index is -0.976. The molecule has 0 saturated carbocycles. The Morgan fingerprint density at radius 2 is 1.11 bits per heavy atom. The van der Waals surface area contributed by atoms with Crippen molar-refractivity contribution in [3.63, 3.8) is 0 Å². The van der Waals surface area contributed by atoms with Gasteiger partial charge < -0.3 is 4.74 Å². The van der Waals surface area contributed by atoms with Gasteiger partial charge in [-0.3, -0.25) is 0 Å². The molecule has 0 aromatic heterocycles. The van der Waals surface area contributed by atoms with Gasteiger partial charge in [-0.25, -0.2) is 0 Å². The third-order valence-corrected chi connectivity index (χ3v) is 47.7. The van der Waals surface area contributed by atoms with Gasteiger partial charge in [-0.15, -0.1) is 0 Å². The summed E-state index contributed by atoms with van der Waals surface area (Å²) in [6, 6.07) is 1.57. The average molecular weight is 323 g/mol. The minimum absolute atomic E-state index is 0. The van der Waals surface area contributed by atoms with Crippen LogP contribution in [0.25, 0.3) is 0 Å². The largest absolute Gasteiger partial charge is 0.385 e. The molecule has 0 spiro atoms. The lowest BCUT2D eigenvalue weighted by molar-refractivity contribution is 0.192. The Hall–Kier alpha value is 0.611. The number of methoxy groups -OCH3 is 1. The van der Waals surface area contributed by atoms with Gasteiger partial charge in [0.2, 0.25) is 0 Å². The van der Waals surface area contributed by atoms with Crippen LogP contribution in [0.2, 0.25) is 51.9 Å². The highest BCUT2D eigenvalue weighted by Crippen LogP contribution is 2.34. The van der Waals surface area contributed by atoms with Crippen LogP contribution in [0, 0.1) is 0 Å². The van der Waals surface area contributed by atoms with E-state index in [0.717, 1.165) is 6.61 Å². The molecule has 0 radical (unpaired) electrons. The van der Waals surface area contributed by atoms with E-state index in [1.165, 1.54) is 19.3 Å². The molecule has 0 heterocycles. The molecule has 120 valence electrons. The van der Waals surface area contributed by atoms with Crippen molar-refractivity contribution < 1.29 is 4.74 Å². The van der Waals surface area contributed by atoms with Gasteiger partial charge in [-0.05, 0) is 6.42 Å². The van der Waals surface area contributed by atoms with E-state index in [1.54, 1.807) is 6.04 Å². The molecule has 0 aliphatic heterocycles. The molecule has 0 bridgehead atoms. The van der Waals surface area contributed by atoms with Gasteiger partial charge in [0, 0.05) is 36.0 Å². The van der Waals surface area contributed by atoms with E-state index in [-0.39, 0.29) is 14.9 Å². The van der Waals surface area contributed by atoms with Crippen LogP contribution in [0.4, 0.5) is 0 Å². The molecule has 0 aliphatic rings. The number of rotatable bonds is 8. The maximum atomic E-state index is 5.14. The fraction of sp³-hybridized carbons (Fsp3) is 1.00. The monoisotopic (exact) mass is 322 g/mol. The summed E-state index contributed by atoms with van der Waals surface area (Å²) in [6.07, 6.45) is 4.06. The first-order valence-corrected chi connectivity index (χ1v) is 18.8. The number of hydrogen-bond acceptors (Lipinski definition) is 1. The molecule has 0 aliphatic carbocycles. The van der Waals surface area contributed by atoms with E-state index in [9.17, 15) is 0 Å². The smallest absolute Gasteiger partial charge is 0.0462 e. The molecule has 0 atom stereocenters. The molecule has 0 saturated heterocycles. The highest BCUT2D eigenvalue weighted by atomic mass is 29.6. The summed E-state index contributed by atoms with van der Waals surface area (Å²) in [5.41, 5.74) is 0. The first kappa shape index (κ1) is 24.6. The van der Waals surface area contributed by atoms with Crippen molar-refractivity contribution in [2.45, 2.75) is 86.0 Å². The molecule has 0 aromatic carbocycles. The zero-order chi connectivity index (χ0) is 13.7. The zero-order valence-electron chi connectivity index (χ0n) is 13.4. The first-order chi connectivity index (χ1) is 7.56. The number of hydrogen-bond donors (Lipinski definition) is 0. The molecular formula is C15H42OSi3. The molecular weight excluding hydrogens is 280 g/mol. The van der Waals surface area contributed by atoms with Crippen molar-refractivity contribution >= 4 is 22.3 Å². The Morgan fingerprint density at radius 3 is 1.42 bits per heavy atom. The van der Waals surface area contributed by atoms with Crippen LogP contribution in [0.3, 0.4) is 0 Å². The van der Waals surface area contributed by atoms with Crippen molar-refractivity contribution in [3.05, 3.63) is 0 Å². The topological polar surface area (TPSA) is 9.23 Å². The predicted octanol–water partition coefficient (Wildman–Crippen LogP) is 5.99. The summed E-state index contributed by atoms with van der Waals surface area (Å²) >= 11 is 0. The summed E-state index contributed by atoms with van der Waals surface area (Å²) in [6.45, 7) is 19.4. The van der Waals surface area contributed by atoms with Crippen LogP contribution in [-0.4, -0.2) is 36.0 Å². The molecule has 0 rings (SSSR count). The molecule has 0 unspecified atom stereocenters. The first-order valence-electron chi connectivity index (χ1n) is 7.05. The summed E-state index contributed by atoms with van der Waals surface area (Å²) in [4.78, 5) is 0. The maximum absolute atomic E-state index is 5.14. The van der Waals surface area contributed by atoms with Crippen LogP contribution < -0.4 is 0 Å². The summed E-state index contributed by atoms with van der Waals surface area (Å²) in [7, 11) is -1.06. The van der Waals surface area contributed by atoms with Crippen molar-refractivity contribution in [1.82, 2.24) is 0 Å². The van der Waals surface area contributed by atoms with Gasteiger partial charge >= 0.3 is 0 Å². The lowest BCUT2D eigenvalue weighted by atomic mass is 10.3. The second-order valence-electron chi connectivity index (χ2n) is 7.64. The van der Waals surface area contributed by atoms with E-state index in [0.29, 0.717) is 0 Å². The quantitative estimate of drug-likeness (QED) is 0.394. The average Bonchev–Trinajstić information content (AvgIpc) is 2.13. The van der Waals surface area contributed by atoms with E-state index < -0.39 is 22.3 Å². The highest BCUT2D eigenvalue weighted by molar-refractivity contribution is 7.68. The van der Waals surface area contributed by atoms with Gasteiger partial charge in [0.15, 0.2) is 0 Å². The fourth-order valence-corrected chi connectivity index (χ4v) is 40.0. The fourth-order valence-electron chi connectivity index (χ4n) is 2.78. The molecule has 0 amide bonds. The molecule has 0 aromatic rings. The lowest BCUT2D eigenvalue weighted by Gasteiger charge is -2.48. The van der Waals surface area contributed by atoms with E-state index in [4.69, 9.17) is 4.74 Å². The second-order valence-corrected chi connectivity index (χ2v) is 36.9. The van der Waals surface area contributed by atoms with Gasteiger partial charge in [0.05, 0.1) is 0 Å².